The maximum absolute atomic E-state index is 11.0. The fraction of sp³-hybridized carbons (Fsp3) is 0.357. The first-order valence-corrected chi connectivity index (χ1v) is 7.43. The molecule has 1 aromatic heterocycles. The molecule has 3 N–H and O–H groups in total. The average Bonchev–Trinajstić information content (AvgIpc) is 2.85. The predicted octanol–water partition coefficient (Wildman–Crippen LogP) is 2.08. The van der Waals surface area contributed by atoms with Crippen molar-refractivity contribution < 1.29 is 0 Å². The first-order chi connectivity index (χ1) is 9.33. The van der Waals surface area contributed by atoms with Crippen LogP contribution < -0.4 is 15.5 Å². The highest BCUT2D eigenvalue weighted by Gasteiger charge is 2.11. The number of fused-ring (bicyclic) bond motifs is 1. The summed E-state index contributed by atoms with van der Waals surface area (Å²) in [6, 6.07) is 6.47. The summed E-state index contributed by atoms with van der Waals surface area (Å²) in [7, 11) is 0. The van der Waals surface area contributed by atoms with Crippen molar-refractivity contribution in [2.45, 2.75) is 25.9 Å². The molecular weight excluding hydrogens is 258 g/mol. The van der Waals surface area contributed by atoms with Crippen molar-refractivity contribution in [2.24, 2.45) is 0 Å². The molecule has 0 saturated carbocycles. The Morgan fingerprint density at radius 3 is 3.11 bits per heavy atom. The minimum absolute atomic E-state index is 0.00978. The van der Waals surface area contributed by atoms with Gasteiger partial charge in [-0.1, -0.05) is 29.5 Å². The first kappa shape index (κ1) is 12.4. The predicted molar refractivity (Wildman–Crippen MR) is 78.7 cm³/mol. The third-order valence-corrected chi connectivity index (χ3v) is 4.08. The maximum atomic E-state index is 11.0. The van der Waals surface area contributed by atoms with Gasteiger partial charge in [0.15, 0.2) is 0 Å². The Hall–Kier alpha value is -1.59. The van der Waals surface area contributed by atoms with Gasteiger partial charge in [-0.25, -0.2) is 0 Å². The second kappa shape index (κ2) is 5.59. The van der Waals surface area contributed by atoms with E-state index in [1.165, 1.54) is 34.6 Å². The van der Waals surface area contributed by atoms with Crippen LogP contribution in [0.2, 0.25) is 0 Å². The van der Waals surface area contributed by atoms with Gasteiger partial charge in [0.2, 0.25) is 0 Å². The lowest BCUT2D eigenvalue weighted by molar-refractivity contribution is 0.679. The van der Waals surface area contributed by atoms with Crippen LogP contribution in [-0.4, -0.2) is 11.5 Å². The molecule has 2 heterocycles. The molecule has 0 fully saturated rings. The Morgan fingerprint density at radius 1 is 1.32 bits per heavy atom. The molecule has 0 radical (unpaired) electrons. The van der Waals surface area contributed by atoms with Crippen molar-refractivity contribution in [1.82, 2.24) is 10.3 Å². The van der Waals surface area contributed by atoms with E-state index in [0.717, 1.165) is 25.2 Å². The van der Waals surface area contributed by atoms with Crippen LogP contribution in [-0.2, 0) is 19.5 Å². The lowest BCUT2D eigenvalue weighted by Crippen LogP contribution is -2.18. The number of hydrogen-bond donors (Lipinski definition) is 3. The fourth-order valence-electron chi connectivity index (χ4n) is 2.46. The molecule has 0 saturated heterocycles. The molecule has 0 amide bonds. The largest absolute Gasteiger partial charge is 0.385 e. The SMILES string of the molecule is O=c1[nH]c(CNCc2cccc3c2NCCC3)cs1. The number of rotatable bonds is 4. The van der Waals surface area contributed by atoms with Crippen molar-refractivity contribution in [3.63, 3.8) is 0 Å². The second-order valence-corrected chi connectivity index (χ2v) is 5.60. The molecule has 5 heteroatoms. The number of aryl methyl sites for hydroxylation is 1. The molecule has 1 aromatic carbocycles. The number of benzene rings is 1. The van der Waals surface area contributed by atoms with Crippen LogP contribution in [0.1, 0.15) is 23.2 Å². The molecule has 4 nitrogen and oxygen atoms in total. The third-order valence-electron chi connectivity index (χ3n) is 3.36. The van der Waals surface area contributed by atoms with E-state index < -0.39 is 0 Å². The van der Waals surface area contributed by atoms with Crippen molar-refractivity contribution in [1.29, 1.82) is 0 Å². The minimum atomic E-state index is 0.00978. The van der Waals surface area contributed by atoms with Crippen LogP contribution in [0.5, 0.6) is 0 Å². The highest BCUT2D eigenvalue weighted by Crippen LogP contribution is 2.25. The highest BCUT2D eigenvalue weighted by atomic mass is 32.1. The standard InChI is InChI=1S/C14H17N3OS/c18-14-17-12(9-19-14)8-15-7-11-4-1-3-10-5-2-6-16-13(10)11/h1,3-4,9,15-16H,2,5-8H2,(H,17,18). The zero-order valence-electron chi connectivity index (χ0n) is 10.7. The van der Waals surface area contributed by atoms with Gasteiger partial charge in [0, 0.05) is 36.4 Å². The summed E-state index contributed by atoms with van der Waals surface area (Å²) in [6.07, 6.45) is 2.37. The Morgan fingerprint density at radius 2 is 2.26 bits per heavy atom. The van der Waals surface area contributed by atoms with E-state index in [2.05, 4.69) is 33.8 Å². The summed E-state index contributed by atoms with van der Waals surface area (Å²) < 4.78 is 0. The lowest BCUT2D eigenvalue weighted by atomic mass is 9.99. The summed E-state index contributed by atoms with van der Waals surface area (Å²) in [5.74, 6) is 0. The van der Waals surface area contributed by atoms with Gasteiger partial charge in [0.1, 0.15) is 0 Å². The van der Waals surface area contributed by atoms with Gasteiger partial charge in [-0.2, -0.15) is 0 Å². The maximum Gasteiger partial charge on any atom is 0.304 e. The van der Waals surface area contributed by atoms with Crippen LogP contribution >= 0.6 is 11.3 Å². The van der Waals surface area contributed by atoms with E-state index in [0.29, 0.717) is 6.54 Å². The van der Waals surface area contributed by atoms with Gasteiger partial charge >= 0.3 is 4.87 Å². The quantitative estimate of drug-likeness (QED) is 0.801. The van der Waals surface area contributed by atoms with E-state index >= 15 is 0 Å². The van der Waals surface area contributed by atoms with E-state index in [-0.39, 0.29) is 4.87 Å². The van der Waals surface area contributed by atoms with E-state index in [9.17, 15) is 4.79 Å². The lowest BCUT2D eigenvalue weighted by Gasteiger charge is -2.21. The van der Waals surface area contributed by atoms with Gasteiger partial charge in [0.05, 0.1) is 0 Å². The van der Waals surface area contributed by atoms with Gasteiger partial charge in [-0.15, -0.1) is 0 Å². The van der Waals surface area contributed by atoms with Crippen LogP contribution in [0.3, 0.4) is 0 Å². The van der Waals surface area contributed by atoms with Crippen molar-refractivity contribution in [2.75, 3.05) is 11.9 Å². The number of aromatic amines is 1. The number of H-pyrrole nitrogens is 1. The molecule has 0 bridgehead atoms. The van der Waals surface area contributed by atoms with Crippen molar-refractivity contribution in [3.05, 3.63) is 50.1 Å². The molecule has 1 aliphatic heterocycles. The summed E-state index contributed by atoms with van der Waals surface area (Å²) >= 11 is 1.21. The Labute approximate surface area is 115 Å². The average molecular weight is 275 g/mol. The molecule has 0 aliphatic carbocycles. The Bertz CT molecular complexity index is 617. The molecule has 3 rings (SSSR count). The monoisotopic (exact) mass is 275 g/mol. The third kappa shape index (κ3) is 2.88. The molecule has 1 aliphatic rings. The molecule has 0 atom stereocenters. The highest BCUT2D eigenvalue weighted by molar-refractivity contribution is 7.07. The smallest absolute Gasteiger partial charge is 0.304 e. The minimum Gasteiger partial charge on any atom is -0.385 e. The van der Waals surface area contributed by atoms with Crippen molar-refractivity contribution in [3.8, 4) is 0 Å². The van der Waals surface area contributed by atoms with Crippen LogP contribution in [0.4, 0.5) is 5.69 Å². The molecule has 100 valence electrons. The topological polar surface area (TPSA) is 56.9 Å². The number of thiazole rings is 1. The number of hydrogen-bond acceptors (Lipinski definition) is 4. The van der Waals surface area contributed by atoms with Crippen molar-refractivity contribution >= 4 is 17.0 Å². The summed E-state index contributed by atoms with van der Waals surface area (Å²) in [4.78, 5) is 13.9. The van der Waals surface area contributed by atoms with E-state index in [1.807, 2.05) is 5.38 Å². The Kier molecular flexibility index (Phi) is 3.66. The van der Waals surface area contributed by atoms with E-state index in [1.54, 1.807) is 0 Å². The number of anilines is 1. The van der Waals surface area contributed by atoms with Gasteiger partial charge in [0.25, 0.3) is 0 Å². The van der Waals surface area contributed by atoms with Gasteiger partial charge < -0.3 is 15.6 Å². The summed E-state index contributed by atoms with van der Waals surface area (Å²) in [6.45, 7) is 2.57. The van der Waals surface area contributed by atoms with Gasteiger partial charge in [-0.05, 0) is 24.0 Å². The number of para-hydroxylation sites is 1. The van der Waals surface area contributed by atoms with Crippen LogP contribution in [0.15, 0.2) is 28.4 Å². The number of aromatic nitrogens is 1. The number of nitrogens with one attached hydrogen (secondary N) is 3. The summed E-state index contributed by atoms with van der Waals surface area (Å²) in [5.41, 5.74) is 4.96. The molecule has 0 unspecified atom stereocenters. The second-order valence-electron chi connectivity index (χ2n) is 4.76. The molecule has 0 spiro atoms. The molecular formula is C14H17N3OS. The van der Waals surface area contributed by atoms with Crippen LogP contribution in [0, 0.1) is 0 Å². The normalized spacial score (nSPS) is 13.9. The van der Waals surface area contributed by atoms with Gasteiger partial charge in [-0.3, -0.25) is 4.79 Å². The summed E-state index contributed by atoms with van der Waals surface area (Å²) in [5, 5.41) is 8.74. The zero-order valence-corrected chi connectivity index (χ0v) is 11.5. The van der Waals surface area contributed by atoms with Crippen LogP contribution in [0.25, 0.3) is 0 Å². The first-order valence-electron chi connectivity index (χ1n) is 6.55. The molecule has 19 heavy (non-hydrogen) atoms. The molecule has 2 aromatic rings. The fourth-order valence-corrected chi connectivity index (χ4v) is 3.04. The zero-order chi connectivity index (χ0) is 13.1. The Balaban J connectivity index is 1.65. The van der Waals surface area contributed by atoms with E-state index in [4.69, 9.17) is 0 Å².